The molecule has 3 nitrogen and oxygen atoms in total. The average molecular weight is 248 g/mol. The normalized spacial score (nSPS) is 42.6. The Kier molecular flexibility index (Phi) is 2.33. The summed E-state index contributed by atoms with van der Waals surface area (Å²) < 4.78 is 0. The van der Waals surface area contributed by atoms with Crippen LogP contribution in [0.5, 0.6) is 0 Å². The van der Waals surface area contributed by atoms with Gasteiger partial charge in [0, 0.05) is 6.04 Å². The number of nitrogens with zero attached hydrogens (tertiary/aromatic N) is 1. The minimum absolute atomic E-state index is 0.105. The fourth-order valence-electron chi connectivity index (χ4n) is 4.37. The van der Waals surface area contributed by atoms with Crippen molar-refractivity contribution in [1.29, 1.82) is 0 Å². The fraction of sp³-hybridized carbons (Fsp3) is 0.933. The monoisotopic (exact) mass is 248 g/mol. The second-order valence-corrected chi connectivity index (χ2v) is 7.16. The smallest absolute Gasteiger partial charge is 0.244 e. The Balaban J connectivity index is 1.57. The summed E-state index contributed by atoms with van der Waals surface area (Å²) in [4.78, 5) is 14.9. The van der Waals surface area contributed by atoms with E-state index in [9.17, 15) is 4.79 Å². The zero-order chi connectivity index (χ0) is 12.3. The van der Waals surface area contributed by atoms with Crippen molar-refractivity contribution in [3.05, 3.63) is 0 Å². The molecule has 4 aliphatic rings. The van der Waals surface area contributed by atoms with Crippen LogP contribution in [0.3, 0.4) is 0 Å². The van der Waals surface area contributed by atoms with Gasteiger partial charge in [0.15, 0.2) is 0 Å². The van der Waals surface area contributed by atoms with E-state index in [1.54, 1.807) is 0 Å². The predicted octanol–water partition coefficient (Wildman–Crippen LogP) is 2.27. The molecule has 1 N–H and O–H groups in total. The van der Waals surface area contributed by atoms with Crippen LogP contribution in [0.4, 0.5) is 0 Å². The van der Waals surface area contributed by atoms with Crippen molar-refractivity contribution in [3.8, 4) is 0 Å². The third-order valence-electron chi connectivity index (χ3n) is 5.71. The first-order valence-electron chi connectivity index (χ1n) is 7.80. The molecule has 1 amide bonds. The van der Waals surface area contributed by atoms with Crippen LogP contribution in [0.1, 0.15) is 58.3 Å². The lowest BCUT2D eigenvalue weighted by atomic mass is 9.80. The van der Waals surface area contributed by atoms with E-state index in [1.807, 2.05) is 0 Å². The quantitative estimate of drug-likeness (QED) is 0.813. The molecule has 1 atom stereocenters. The van der Waals surface area contributed by atoms with Gasteiger partial charge in [-0.25, -0.2) is 0 Å². The van der Waals surface area contributed by atoms with Gasteiger partial charge in [0.2, 0.25) is 5.91 Å². The third-order valence-corrected chi connectivity index (χ3v) is 5.71. The third kappa shape index (κ3) is 1.49. The van der Waals surface area contributed by atoms with Gasteiger partial charge < -0.3 is 4.90 Å². The van der Waals surface area contributed by atoms with Gasteiger partial charge in [-0.15, -0.1) is 0 Å². The summed E-state index contributed by atoms with van der Waals surface area (Å²) in [5, 5.41) is 3.72. The Hall–Kier alpha value is -0.570. The van der Waals surface area contributed by atoms with Gasteiger partial charge in [-0.3, -0.25) is 10.1 Å². The molecule has 1 aliphatic heterocycles. The molecule has 3 saturated carbocycles. The molecule has 4 rings (SSSR count). The summed E-state index contributed by atoms with van der Waals surface area (Å²) in [6.45, 7) is 2.31. The number of amides is 1. The van der Waals surface area contributed by atoms with E-state index in [1.165, 1.54) is 38.5 Å². The van der Waals surface area contributed by atoms with E-state index in [0.29, 0.717) is 18.1 Å². The largest absolute Gasteiger partial charge is 0.322 e. The van der Waals surface area contributed by atoms with Crippen LogP contribution >= 0.6 is 0 Å². The maximum absolute atomic E-state index is 12.7. The molecule has 100 valence electrons. The second-order valence-electron chi connectivity index (χ2n) is 7.16. The molecule has 1 unspecified atom stereocenters. The van der Waals surface area contributed by atoms with Gasteiger partial charge in [0.1, 0.15) is 0 Å². The van der Waals surface area contributed by atoms with Crippen LogP contribution in [0, 0.1) is 11.8 Å². The Labute approximate surface area is 109 Å². The van der Waals surface area contributed by atoms with Crippen LogP contribution in [-0.4, -0.2) is 28.6 Å². The lowest BCUT2D eigenvalue weighted by Gasteiger charge is -2.43. The number of hydrogen-bond donors (Lipinski definition) is 1. The molecule has 18 heavy (non-hydrogen) atoms. The van der Waals surface area contributed by atoms with Gasteiger partial charge in [-0.1, -0.05) is 19.8 Å². The van der Waals surface area contributed by atoms with Gasteiger partial charge in [-0.05, 0) is 50.4 Å². The van der Waals surface area contributed by atoms with Crippen molar-refractivity contribution >= 4 is 5.91 Å². The van der Waals surface area contributed by atoms with Crippen molar-refractivity contribution in [2.24, 2.45) is 11.8 Å². The minimum Gasteiger partial charge on any atom is -0.322 e. The molecule has 0 radical (unpaired) electrons. The lowest BCUT2D eigenvalue weighted by Crippen LogP contribution is -2.52. The van der Waals surface area contributed by atoms with Crippen LogP contribution in [0.2, 0.25) is 0 Å². The number of carbonyl (C=O) groups excluding carboxylic acids is 1. The molecule has 1 saturated heterocycles. The van der Waals surface area contributed by atoms with Gasteiger partial charge in [0.05, 0.1) is 11.7 Å². The summed E-state index contributed by atoms with van der Waals surface area (Å²) in [6.07, 6.45) is 10.3. The highest BCUT2D eigenvalue weighted by Gasteiger charge is 2.62. The van der Waals surface area contributed by atoms with E-state index >= 15 is 0 Å². The number of rotatable bonds is 2. The van der Waals surface area contributed by atoms with E-state index in [4.69, 9.17) is 0 Å². The first kappa shape index (κ1) is 11.3. The molecule has 0 aromatic carbocycles. The van der Waals surface area contributed by atoms with Gasteiger partial charge in [0.25, 0.3) is 0 Å². The van der Waals surface area contributed by atoms with Gasteiger partial charge in [-0.2, -0.15) is 0 Å². The predicted molar refractivity (Wildman–Crippen MR) is 69.9 cm³/mol. The molecule has 0 aromatic heterocycles. The Morgan fingerprint density at radius 3 is 2.44 bits per heavy atom. The zero-order valence-corrected chi connectivity index (χ0v) is 11.3. The zero-order valence-electron chi connectivity index (χ0n) is 11.3. The Bertz CT molecular complexity index is 365. The highest BCUT2D eigenvalue weighted by molar-refractivity contribution is 5.92. The number of carbonyl (C=O) groups is 1. The SMILES string of the molecule is CC1CC(N2C(=O)C3(CC3)NC2C2CCCC2)C1. The molecular formula is C15H24N2O. The van der Waals surface area contributed by atoms with E-state index < -0.39 is 0 Å². The van der Waals surface area contributed by atoms with Crippen molar-refractivity contribution in [1.82, 2.24) is 10.2 Å². The van der Waals surface area contributed by atoms with Crippen LogP contribution in [0.15, 0.2) is 0 Å². The van der Waals surface area contributed by atoms with Crippen LogP contribution in [0.25, 0.3) is 0 Å². The van der Waals surface area contributed by atoms with Crippen molar-refractivity contribution < 1.29 is 4.79 Å². The Morgan fingerprint density at radius 1 is 1.22 bits per heavy atom. The van der Waals surface area contributed by atoms with Crippen molar-refractivity contribution in [2.45, 2.75) is 76.0 Å². The highest BCUT2D eigenvalue weighted by Crippen LogP contribution is 2.48. The standard InChI is InChI=1S/C15H24N2O/c1-10-8-12(9-10)17-13(11-4-2-3-5-11)16-15(6-7-15)14(17)18/h10-13,16H,2-9H2,1H3. The molecule has 3 heteroatoms. The maximum atomic E-state index is 12.7. The lowest BCUT2D eigenvalue weighted by molar-refractivity contribution is -0.136. The molecule has 1 spiro atoms. The van der Waals surface area contributed by atoms with E-state index in [-0.39, 0.29) is 5.54 Å². The molecule has 4 fully saturated rings. The first-order valence-corrected chi connectivity index (χ1v) is 7.80. The minimum atomic E-state index is -0.105. The summed E-state index contributed by atoms with van der Waals surface area (Å²) >= 11 is 0. The van der Waals surface area contributed by atoms with E-state index in [0.717, 1.165) is 24.7 Å². The van der Waals surface area contributed by atoms with Crippen molar-refractivity contribution in [2.75, 3.05) is 0 Å². The summed E-state index contributed by atoms with van der Waals surface area (Å²) in [7, 11) is 0. The van der Waals surface area contributed by atoms with Crippen molar-refractivity contribution in [3.63, 3.8) is 0 Å². The maximum Gasteiger partial charge on any atom is 0.244 e. The number of hydrogen-bond acceptors (Lipinski definition) is 2. The highest BCUT2D eigenvalue weighted by atomic mass is 16.2. The van der Waals surface area contributed by atoms with Gasteiger partial charge >= 0.3 is 0 Å². The topological polar surface area (TPSA) is 32.3 Å². The molecular weight excluding hydrogens is 224 g/mol. The average Bonchev–Trinajstić information content (AvgIpc) is 2.80. The Morgan fingerprint density at radius 2 is 1.89 bits per heavy atom. The van der Waals surface area contributed by atoms with E-state index in [2.05, 4.69) is 17.1 Å². The molecule has 0 aromatic rings. The number of nitrogens with one attached hydrogen (secondary N) is 1. The molecule has 3 aliphatic carbocycles. The van der Waals surface area contributed by atoms with Crippen LogP contribution < -0.4 is 5.32 Å². The fourth-order valence-corrected chi connectivity index (χ4v) is 4.37. The summed E-state index contributed by atoms with van der Waals surface area (Å²) in [5.74, 6) is 1.99. The first-order chi connectivity index (χ1) is 8.70. The second kappa shape index (κ2) is 3.72. The summed E-state index contributed by atoms with van der Waals surface area (Å²) in [6, 6.07) is 0.547. The molecule has 0 bridgehead atoms. The summed E-state index contributed by atoms with van der Waals surface area (Å²) in [5.41, 5.74) is -0.105. The molecule has 1 heterocycles. The van der Waals surface area contributed by atoms with Crippen LogP contribution in [-0.2, 0) is 4.79 Å².